The zero-order valence-electron chi connectivity index (χ0n) is 12.1. The molecule has 4 heterocycles. The normalized spacial score (nSPS) is 11.0. The van der Waals surface area contributed by atoms with Crippen molar-refractivity contribution in [3.63, 3.8) is 0 Å². The van der Waals surface area contributed by atoms with Crippen LogP contribution < -0.4 is 10.5 Å². The predicted molar refractivity (Wildman–Crippen MR) is 83.6 cm³/mol. The van der Waals surface area contributed by atoms with Gasteiger partial charge in [-0.25, -0.2) is 4.98 Å². The van der Waals surface area contributed by atoms with Crippen LogP contribution in [0, 0.1) is 0 Å². The number of H-pyrrole nitrogens is 1. The Hall–Kier alpha value is -3.42. The molecule has 0 amide bonds. The summed E-state index contributed by atoms with van der Waals surface area (Å²) >= 11 is 0. The van der Waals surface area contributed by atoms with Crippen LogP contribution in [0.1, 0.15) is 0 Å². The molecule has 0 aromatic carbocycles. The zero-order chi connectivity index (χ0) is 15.8. The number of pyridine rings is 2. The smallest absolute Gasteiger partial charge is 0.313 e. The van der Waals surface area contributed by atoms with Crippen LogP contribution in [-0.4, -0.2) is 32.3 Å². The van der Waals surface area contributed by atoms with Gasteiger partial charge in [-0.2, -0.15) is 0 Å². The van der Waals surface area contributed by atoms with Crippen molar-refractivity contribution in [1.82, 2.24) is 25.1 Å². The average Bonchev–Trinajstić information content (AvgIpc) is 3.20. The topological polar surface area (TPSA) is 116 Å². The molecule has 0 fully saturated rings. The number of ether oxygens (including phenoxy) is 1. The maximum absolute atomic E-state index is 5.47. The minimum absolute atomic E-state index is 0.00758. The van der Waals surface area contributed by atoms with Crippen molar-refractivity contribution in [2.24, 2.45) is 0 Å². The van der Waals surface area contributed by atoms with Gasteiger partial charge in [-0.15, -0.1) is 5.10 Å². The fourth-order valence-corrected chi connectivity index (χ4v) is 2.35. The van der Waals surface area contributed by atoms with E-state index in [0.717, 1.165) is 22.2 Å². The molecule has 0 spiro atoms. The third kappa shape index (κ3) is 2.26. The van der Waals surface area contributed by atoms with Crippen molar-refractivity contribution in [2.45, 2.75) is 0 Å². The minimum atomic E-state index is 0.00758. The molecule has 0 aliphatic rings. The van der Waals surface area contributed by atoms with Crippen LogP contribution in [0.25, 0.3) is 33.7 Å². The van der Waals surface area contributed by atoms with Gasteiger partial charge in [0.05, 0.1) is 24.3 Å². The molecule has 0 aliphatic heterocycles. The van der Waals surface area contributed by atoms with Gasteiger partial charge in [0.2, 0.25) is 0 Å². The Labute approximate surface area is 130 Å². The second-order valence-corrected chi connectivity index (χ2v) is 4.85. The molecule has 0 saturated heterocycles. The van der Waals surface area contributed by atoms with Crippen LogP contribution in [0.5, 0.6) is 5.75 Å². The van der Waals surface area contributed by atoms with Crippen LogP contribution in [0.15, 0.2) is 41.2 Å². The molecule has 8 nitrogen and oxygen atoms in total. The van der Waals surface area contributed by atoms with Crippen molar-refractivity contribution in [2.75, 3.05) is 12.8 Å². The maximum Gasteiger partial charge on any atom is 0.313 e. The SMILES string of the molecule is COc1cncc(-c2c[nH]c3ccc(-c4nnc(N)o4)nc23)c1. The first-order valence-corrected chi connectivity index (χ1v) is 6.81. The van der Waals surface area contributed by atoms with E-state index in [0.29, 0.717) is 11.4 Å². The summed E-state index contributed by atoms with van der Waals surface area (Å²) in [4.78, 5) is 12.0. The predicted octanol–water partition coefficient (Wildman–Crippen LogP) is 2.27. The quantitative estimate of drug-likeness (QED) is 0.596. The fraction of sp³-hybridized carbons (Fsp3) is 0.0667. The van der Waals surface area contributed by atoms with Gasteiger partial charge < -0.3 is 19.9 Å². The molecule has 4 rings (SSSR count). The number of nitrogens with two attached hydrogens (primary N) is 1. The molecule has 4 aromatic rings. The van der Waals surface area contributed by atoms with Gasteiger partial charge >= 0.3 is 6.01 Å². The lowest BCUT2D eigenvalue weighted by molar-refractivity contribution is 0.413. The number of rotatable bonds is 3. The van der Waals surface area contributed by atoms with E-state index in [1.54, 1.807) is 25.6 Å². The number of nitrogens with one attached hydrogen (secondary N) is 1. The van der Waals surface area contributed by atoms with E-state index in [1.807, 2.05) is 18.3 Å². The molecule has 8 heteroatoms. The van der Waals surface area contributed by atoms with E-state index < -0.39 is 0 Å². The molecular weight excluding hydrogens is 296 g/mol. The van der Waals surface area contributed by atoms with Gasteiger partial charge in [0.15, 0.2) is 0 Å². The third-order valence-corrected chi connectivity index (χ3v) is 3.44. The summed E-state index contributed by atoms with van der Waals surface area (Å²) in [5.41, 5.74) is 9.48. The number of fused-ring (bicyclic) bond motifs is 1. The number of nitrogens with zero attached hydrogens (tertiary/aromatic N) is 4. The number of hydrogen-bond donors (Lipinski definition) is 2. The molecule has 3 N–H and O–H groups in total. The van der Waals surface area contributed by atoms with E-state index in [9.17, 15) is 0 Å². The zero-order valence-corrected chi connectivity index (χ0v) is 12.1. The standard InChI is InChI=1S/C15H12N6O2/c1-22-9-4-8(5-17-6-9)10-7-18-11-2-3-12(19-13(10)11)14-20-21-15(16)23-14/h2-7,18H,1H3,(H2,16,21). The van der Waals surface area contributed by atoms with Gasteiger partial charge in [-0.05, 0) is 18.2 Å². The molecule has 0 radical (unpaired) electrons. The van der Waals surface area contributed by atoms with E-state index in [1.165, 1.54) is 0 Å². The van der Waals surface area contributed by atoms with Gasteiger partial charge in [0.25, 0.3) is 5.89 Å². The van der Waals surface area contributed by atoms with Gasteiger partial charge in [-0.3, -0.25) is 4.98 Å². The lowest BCUT2D eigenvalue weighted by atomic mass is 10.1. The summed E-state index contributed by atoms with van der Waals surface area (Å²) in [6.45, 7) is 0. The highest BCUT2D eigenvalue weighted by Crippen LogP contribution is 2.30. The number of hydrogen-bond acceptors (Lipinski definition) is 7. The minimum Gasteiger partial charge on any atom is -0.495 e. The van der Waals surface area contributed by atoms with Crippen LogP contribution >= 0.6 is 0 Å². The highest BCUT2D eigenvalue weighted by atomic mass is 16.5. The lowest BCUT2D eigenvalue weighted by Gasteiger charge is -2.03. The molecule has 0 saturated carbocycles. The van der Waals surface area contributed by atoms with Crippen LogP contribution in [-0.2, 0) is 0 Å². The van der Waals surface area contributed by atoms with Crippen molar-refractivity contribution in [3.05, 3.63) is 36.8 Å². The molecular formula is C15H12N6O2. The van der Waals surface area contributed by atoms with Crippen molar-refractivity contribution >= 4 is 17.0 Å². The summed E-state index contributed by atoms with van der Waals surface area (Å²) in [6, 6.07) is 5.59. The van der Waals surface area contributed by atoms with E-state index in [-0.39, 0.29) is 11.9 Å². The summed E-state index contributed by atoms with van der Waals surface area (Å²) in [5, 5.41) is 7.51. The first kappa shape index (κ1) is 13.3. The maximum atomic E-state index is 5.47. The number of nitrogen functional groups attached to an aromatic ring is 1. The second kappa shape index (κ2) is 5.09. The van der Waals surface area contributed by atoms with Crippen LogP contribution in [0.2, 0.25) is 0 Å². The Bertz CT molecular complexity index is 990. The summed E-state index contributed by atoms with van der Waals surface area (Å²) in [7, 11) is 1.60. The second-order valence-electron chi connectivity index (χ2n) is 4.85. The van der Waals surface area contributed by atoms with Crippen LogP contribution in [0.4, 0.5) is 6.01 Å². The van der Waals surface area contributed by atoms with Gasteiger partial charge in [0.1, 0.15) is 11.4 Å². The number of aromatic nitrogens is 5. The van der Waals surface area contributed by atoms with E-state index in [4.69, 9.17) is 14.9 Å². The number of methoxy groups -OCH3 is 1. The molecule has 0 atom stereocenters. The first-order chi connectivity index (χ1) is 11.2. The Morgan fingerprint density at radius 2 is 2.13 bits per heavy atom. The van der Waals surface area contributed by atoms with E-state index in [2.05, 4.69) is 25.1 Å². The molecule has 0 unspecified atom stereocenters. The van der Waals surface area contributed by atoms with E-state index >= 15 is 0 Å². The first-order valence-electron chi connectivity index (χ1n) is 6.81. The highest BCUT2D eigenvalue weighted by molar-refractivity contribution is 5.93. The molecule has 23 heavy (non-hydrogen) atoms. The fourth-order valence-electron chi connectivity index (χ4n) is 2.35. The number of aromatic amines is 1. The molecule has 114 valence electrons. The Morgan fingerprint density at radius 3 is 2.91 bits per heavy atom. The summed E-state index contributed by atoms with van der Waals surface area (Å²) in [5.74, 6) is 0.956. The van der Waals surface area contributed by atoms with Crippen molar-refractivity contribution < 1.29 is 9.15 Å². The van der Waals surface area contributed by atoms with Crippen molar-refractivity contribution in [1.29, 1.82) is 0 Å². The monoisotopic (exact) mass is 308 g/mol. The lowest BCUT2D eigenvalue weighted by Crippen LogP contribution is -1.88. The Morgan fingerprint density at radius 1 is 1.22 bits per heavy atom. The highest BCUT2D eigenvalue weighted by Gasteiger charge is 2.13. The van der Waals surface area contributed by atoms with Gasteiger partial charge in [0, 0.05) is 23.5 Å². The molecule has 0 bridgehead atoms. The largest absolute Gasteiger partial charge is 0.495 e. The molecule has 0 aliphatic carbocycles. The average molecular weight is 308 g/mol. The third-order valence-electron chi connectivity index (χ3n) is 3.44. The summed E-state index contributed by atoms with van der Waals surface area (Å²) < 4.78 is 10.4. The van der Waals surface area contributed by atoms with Crippen molar-refractivity contribution in [3.8, 4) is 28.5 Å². The summed E-state index contributed by atoms with van der Waals surface area (Å²) in [6.07, 6.45) is 5.28. The van der Waals surface area contributed by atoms with Crippen LogP contribution in [0.3, 0.4) is 0 Å². The number of anilines is 1. The Balaban J connectivity index is 1.87. The van der Waals surface area contributed by atoms with Gasteiger partial charge in [-0.1, -0.05) is 5.10 Å². The Kier molecular flexibility index (Phi) is 2.94. The molecule has 4 aromatic heterocycles.